The molecule has 0 N–H and O–H groups in total. The summed E-state index contributed by atoms with van der Waals surface area (Å²) in [5, 5.41) is 0. The maximum absolute atomic E-state index is 12.4. The van der Waals surface area contributed by atoms with Gasteiger partial charge in [-0.1, -0.05) is 66.2 Å². The van der Waals surface area contributed by atoms with Gasteiger partial charge in [-0.25, -0.2) is 9.59 Å². The Bertz CT molecular complexity index is 871. The van der Waals surface area contributed by atoms with Crippen LogP contribution in [0.1, 0.15) is 99.8 Å². The maximum Gasteiger partial charge on any atom is 0.343 e. The average Bonchev–Trinajstić information content (AvgIpc) is 2.84. The predicted molar refractivity (Wildman–Crippen MR) is 140 cm³/mol. The summed E-state index contributed by atoms with van der Waals surface area (Å²) in [6, 6.07) is 13.4. The summed E-state index contributed by atoms with van der Waals surface area (Å²) in [5.41, 5.74) is 0.882. The number of carbonyl (C=O) groups excluding carboxylic acids is 2. The number of unbranched alkanes of at least 4 members (excludes halogenated alkanes) is 3. The number of ether oxygens (including phenoxy) is 3. The Labute approximate surface area is 211 Å². The van der Waals surface area contributed by atoms with Crippen LogP contribution in [0.2, 0.25) is 0 Å². The van der Waals surface area contributed by atoms with Crippen LogP contribution in [-0.4, -0.2) is 25.2 Å². The number of carbonyl (C=O) groups is 2. The van der Waals surface area contributed by atoms with Crippen molar-refractivity contribution in [2.45, 2.75) is 79.1 Å². The summed E-state index contributed by atoms with van der Waals surface area (Å²) in [6.45, 7) is 9.95. The predicted octanol–water partition coefficient (Wildman–Crippen LogP) is 7.87. The molecule has 0 aromatic heterocycles. The van der Waals surface area contributed by atoms with Gasteiger partial charge in [0.1, 0.15) is 11.5 Å². The minimum Gasteiger partial charge on any atom is -0.494 e. The van der Waals surface area contributed by atoms with Gasteiger partial charge >= 0.3 is 11.9 Å². The Morgan fingerprint density at radius 3 is 1.94 bits per heavy atom. The molecule has 0 amide bonds. The quantitative estimate of drug-likeness (QED) is 0.138. The van der Waals surface area contributed by atoms with Gasteiger partial charge in [0.15, 0.2) is 0 Å². The molecule has 1 atom stereocenters. The third-order valence-corrected chi connectivity index (χ3v) is 5.98. The number of hydrogen-bond donors (Lipinski definition) is 0. The van der Waals surface area contributed by atoms with Crippen molar-refractivity contribution in [3.8, 4) is 11.5 Å². The SMILES string of the molecule is CCCCCCOc1ccc(C(=O)Oc2ccc(C(=O)OCCC(C)CCCC(C)C)cc2)cc1. The smallest absolute Gasteiger partial charge is 0.343 e. The topological polar surface area (TPSA) is 61.8 Å². The van der Waals surface area contributed by atoms with Crippen molar-refractivity contribution < 1.29 is 23.8 Å². The van der Waals surface area contributed by atoms with E-state index in [4.69, 9.17) is 14.2 Å². The van der Waals surface area contributed by atoms with Crippen LogP contribution in [0.4, 0.5) is 0 Å². The first-order valence-electron chi connectivity index (χ1n) is 13.1. The number of rotatable bonds is 16. The Morgan fingerprint density at radius 2 is 1.31 bits per heavy atom. The van der Waals surface area contributed by atoms with Crippen LogP contribution in [0.15, 0.2) is 48.5 Å². The molecule has 0 aliphatic heterocycles. The number of hydrogen-bond acceptors (Lipinski definition) is 5. The molecule has 0 saturated heterocycles. The van der Waals surface area contributed by atoms with Crippen LogP contribution in [0.25, 0.3) is 0 Å². The van der Waals surface area contributed by atoms with Gasteiger partial charge in [-0.3, -0.25) is 0 Å². The van der Waals surface area contributed by atoms with Crippen molar-refractivity contribution in [3.63, 3.8) is 0 Å². The van der Waals surface area contributed by atoms with Crippen molar-refractivity contribution in [1.82, 2.24) is 0 Å². The summed E-state index contributed by atoms with van der Waals surface area (Å²) in [4.78, 5) is 24.7. The van der Waals surface area contributed by atoms with Gasteiger partial charge in [-0.2, -0.15) is 0 Å². The van der Waals surface area contributed by atoms with E-state index in [-0.39, 0.29) is 5.97 Å². The fraction of sp³-hybridized carbons (Fsp3) is 0.533. The van der Waals surface area contributed by atoms with Gasteiger partial charge < -0.3 is 14.2 Å². The van der Waals surface area contributed by atoms with Gasteiger partial charge in [0, 0.05) is 0 Å². The van der Waals surface area contributed by atoms with Crippen LogP contribution in [-0.2, 0) is 4.74 Å². The highest BCUT2D eigenvalue weighted by Gasteiger charge is 2.12. The summed E-state index contributed by atoms with van der Waals surface area (Å²) in [6.07, 6.45) is 9.07. The Hall–Kier alpha value is -2.82. The summed E-state index contributed by atoms with van der Waals surface area (Å²) in [7, 11) is 0. The minimum atomic E-state index is -0.457. The second-order valence-electron chi connectivity index (χ2n) is 9.70. The van der Waals surface area contributed by atoms with E-state index in [1.807, 2.05) is 0 Å². The molecule has 2 rings (SSSR count). The molecule has 0 fully saturated rings. The zero-order valence-electron chi connectivity index (χ0n) is 21.9. The second kappa shape index (κ2) is 16.0. The second-order valence-corrected chi connectivity index (χ2v) is 9.70. The molecule has 5 nitrogen and oxygen atoms in total. The monoisotopic (exact) mass is 482 g/mol. The van der Waals surface area contributed by atoms with Crippen LogP contribution >= 0.6 is 0 Å². The first-order chi connectivity index (χ1) is 16.9. The molecular weight excluding hydrogens is 440 g/mol. The maximum atomic E-state index is 12.4. The lowest BCUT2D eigenvalue weighted by Gasteiger charge is -2.12. The third kappa shape index (κ3) is 11.4. The lowest BCUT2D eigenvalue weighted by molar-refractivity contribution is 0.0483. The van der Waals surface area contributed by atoms with Gasteiger partial charge in [-0.15, -0.1) is 0 Å². The standard InChI is InChI=1S/C30H42O5/c1-5-6-7-8-21-33-27-16-12-26(13-17-27)30(32)35-28-18-14-25(15-19-28)29(31)34-22-20-24(4)11-9-10-23(2)3/h12-19,23-24H,5-11,20-22H2,1-4H3. The molecule has 0 radical (unpaired) electrons. The molecule has 2 aromatic rings. The van der Waals surface area contributed by atoms with Crippen molar-refractivity contribution in [3.05, 3.63) is 59.7 Å². The van der Waals surface area contributed by atoms with Gasteiger partial charge in [-0.05, 0) is 73.2 Å². The molecule has 0 heterocycles. The highest BCUT2D eigenvalue weighted by atomic mass is 16.5. The molecular formula is C30H42O5. The van der Waals surface area contributed by atoms with Crippen molar-refractivity contribution in [2.75, 3.05) is 13.2 Å². The number of esters is 2. The molecule has 0 aliphatic rings. The van der Waals surface area contributed by atoms with E-state index in [0.29, 0.717) is 36.0 Å². The molecule has 192 valence electrons. The zero-order chi connectivity index (χ0) is 25.5. The molecule has 0 aliphatic carbocycles. The third-order valence-electron chi connectivity index (χ3n) is 5.98. The lowest BCUT2D eigenvalue weighted by Crippen LogP contribution is -2.10. The van der Waals surface area contributed by atoms with Gasteiger partial charge in [0.05, 0.1) is 24.3 Å². The van der Waals surface area contributed by atoms with Crippen molar-refractivity contribution in [1.29, 1.82) is 0 Å². The minimum absolute atomic E-state index is 0.359. The van der Waals surface area contributed by atoms with Crippen molar-refractivity contribution in [2.24, 2.45) is 11.8 Å². The van der Waals surface area contributed by atoms with Gasteiger partial charge in [0.25, 0.3) is 0 Å². The van der Waals surface area contributed by atoms with Crippen LogP contribution in [0, 0.1) is 11.8 Å². The largest absolute Gasteiger partial charge is 0.494 e. The molecule has 35 heavy (non-hydrogen) atoms. The average molecular weight is 483 g/mol. The first-order valence-corrected chi connectivity index (χ1v) is 13.1. The number of benzene rings is 2. The van der Waals surface area contributed by atoms with E-state index in [1.165, 1.54) is 25.7 Å². The van der Waals surface area contributed by atoms with E-state index in [2.05, 4.69) is 27.7 Å². The molecule has 2 aromatic carbocycles. The van der Waals surface area contributed by atoms with E-state index < -0.39 is 5.97 Å². The Kier molecular flexibility index (Phi) is 13.0. The molecule has 0 spiro atoms. The molecule has 0 saturated carbocycles. The fourth-order valence-electron chi connectivity index (χ4n) is 3.69. The van der Waals surface area contributed by atoms with Crippen LogP contribution in [0.3, 0.4) is 0 Å². The molecule has 1 unspecified atom stereocenters. The highest BCUT2D eigenvalue weighted by molar-refractivity contribution is 5.92. The van der Waals surface area contributed by atoms with Crippen LogP contribution in [0.5, 0.6) is 11.5 Å². The zero-order valence-corrected chi connectivity index (χ0v) is 21.9. The van der Waals surface area contributed by atoms with E-state index >= 15 is 0 Å². The Balaban J connectivity index is 1.73. The van der Waals surface area contributed by atoms with Gasteiger partial charge in [0.2, 0.25) is 0 Å². The van der Waals surface area contributed by atoms with E-state index in [0.717, 1.165) is 37.4 Å². The lowest BCUT2D eigenvalue weighted by atomic mass is 9.98. The highest BCUT2D eigenvalue weighted by Crippen LogP contribution is 2.19. The van der Waals surface area contributed by atoms with E-state index in [9.17, 15) is 9.59 Å². The summed E-state index contributed by atoms with van der Waals surface area (Å²) < 4.78 is 16.6. The Morgan fingerprint density at radius 1 is 0.686 bits per heavy atom. The van der Waals surface area contributed by atoms with Crippen molar-refractivity contribution >= 4 is 11.9 Å². The fourth-order valence-corrected chi connectivity index (χ4v) is 3.69. The normalized spacial score (nSPS) is 11.8. The summed E-state index contributed by atoms with van der Waals surface area (Å²) in [5.74, 6) is 1.57. The molecule has 5 heteroatoms. The first kappa shape index (κ1) is 28.4. The summed E-state index contributed by atoms with van der Waals surface area (Å²) >= 11 is 0. The van der Waals surface area contributed by atoms with Crippen LogP contribution < -0.4 is 9.47 Å². The van der Waals surface area contributed by atoms with E-state index in [1.54, 1.807) is 48.5 Å². The molecule has 0 bridgehead atoms.